The van der Waals surface area contributed by atoms with E-state index in [1.165, 1.54) is 128 Å². The largest absolute Gasteiger partial charge is 0.458 e. The lowest BCUT2D eigenvalue weighted by atomic mass is 9.29. The molecular formula is C54H43B3N4OS. The topological polar surface area (TPSA) is 39.8 Å². The number of hydrogen-bond donors (Lipinski definition) is 2. The van der Waals surface area contributed by atoms with Crippen molar-refractivity contribution in [1.82, 2.24) is 0 Å². The van der Waals surface area contributed by atoms with E-state index in [1.807, 2.05) is 0 Å². The predicted octanol–water partition coefficient (Wildman–Crippen LogP) is 7.51. The van der Waals surface area contributed by atoms with Crippen LogP contribution in [0.1, 0.15) is 27.8 Å². The third kappa shape index (κ3) is 5.23. The van der Waals surface area contributed by atoms with E-state index in [4.69, 9.17) is 4.74 Å². The summed E-state index contributed by atoms with van der Waals surface area (Å²) in [5, 5.41) is 8.03. The average Bonchev–Trinajstić information content (AvgIpc) is 3.27. The van der Waals surface area contributed by atoms with Gasteiger partial charge in [0.1, 0.15) is 11.5 Å². The van der Waals surface area contributed by atoms with Gasteiger partial charge in [-0.3, -0.25) is 4.31 Å². The maximum atomic E-state index is 6.68. The van der Waals surface area contributed by atoms with Crippen molar-refractivity contribution in [2.45, 2.75) is 34.6 Å². The third-order valence-corrected chi connectivity index (χ3v) is 15.0. The van der Waals surface area contributed by atoms with Gasteiger partial charge in [0.2, 0.25) is 0 Å². The van der Waals surface area contributed by atoms with Gasteiger partial charge >= 0.3 is 0 Å². The van der Waals surface area contributed by atoms with Gasteiger partial charge in [0.05, 0.1) is 5.69 Å². The summed E-state index contributed by atoms with van der Waals surface area (Å²) in [6.07, 6.45) is 2.21. The molecule has 63 heavy (non-hydrogen) atoms. The van der Waals surface area contributed by atoms with E-state index >= 15 is 0 Å². The molecule has 0 spiro atoms. The Kier molecular flexibility index (Phi) is 7.85. The van der Waals surface area contributed by atoms with Crippen molar-refractivity contribution in [2.24, 2.45) is 0 Å². The van der Waals surface area contributed by atoms with Gasteiger partial charge < -0.3 is 20.3 Å². The number of rotatable bonds is 3. The lowest BCUT2D eigenvalue weighted by Gasteiger charge is -2.43. The molecule has 0 bridgehead atoms. The summed E-state index contributed by atoms with van der Waals surface area (Å²) in [5.41, 5.74) is 28.8. The number of ether oxygens (including phenoxy) is 1. The van der Waals surface area contributed by atoms with Crippen molar-refractivity contribution >= 4 is 132 Å². The normalized spacial score (nSPS) is 14.2. The molecule has 0 radical (unpaired) electrons. The number of nitrogens with zero attached hydrogens (tertiary/aromatic N) is 2. The third-order valence-electron chi connectivity index (χ3n) is 14.2. The number of aryl methyl sites for hydroxylation is 5. The van der Waals surface area contributed by atoms with Crippen molar-refractivity contribution in [3.05, 3.63) is 167 Å². The zero-order chi connectivity index (χ0) is 42.4. The zero-order valence-electron chi connectivity index (χ0n) is 36.2. The highest BCUT2D eigenvalue weighted by Crippen LogP contribution is 2.43. The Hall–Kier alpha value is -6.70. The highest BCUT2D eigenvalue weighted by atomic mass is 32.2. The molecule has 9 heteroatoms. The Morgan fingerprint density at radius 1 is 0.429 bits per heavy atom. The van der Waals surface area contributed by atoms with Gasteiger partial charge in [0.25, 0.3) is 20.1 Å². The second-order valence-corrected chi connectivity index (χ2v) is 18.9. The Bertz CT molecular complexity index is 3320. The van der Waals surface area contributed by atoms with Gasteiger partial charge in [-0.15, -0.1) is 0 Å². The summed E-state index contributed by atoms with van der Waals surface area (Å²) < 4.78 is 9.16. The minimum absolute atomic E-state index is 0.00195. The second kappa shape index (κ2) is 13.4. The zero-order valence-corrected chi connectivity index (χ0v) is 37.0. The van der Waals surface area contributed by atoms with Crippen LogP contribution in [0.4, 0.5) is 51.2 Å². The smallest absolute Gasteiger partial charge is 0.252 e. The molecule has 0 fully saturated rings. The van der Waals surface area contributed by atoms with Crippen molar-refractivity contribution in [3.63, 3.8) is 0 Å². The molecule has 8 aromatic carbocycles. The first-order valence-electron chi connectivity index (χ1n) is 22.1. The van der Waals surface area contributed by atoms with Crippen molar-refractivity contribution in [3.8, 4) is 11.5 Å². The number of para-hydroxylation sites is 3. The van der Waals surface area contributed by atoms with Gasteiger partial charge in [-0.1, -0.05) is 89.4 Å². The van der Waals surface area contributed by atoms with Gasteiger partial charge in [0, 0.05) is 51.8 Å². The molecule has 0 saturated carbocycles. The van der Waals surface area contributed by atoms with Crippen LogP contribution in [-0.2, 0) is 0 Å². The lowest BCUT2D eigenvalue weighted by Crippen LogP contribution is -2.65. The highest BCUT2D eigenvalue weighted by Gasteiger charge is 2.46. The number of anilines is 9. The van der Waals surface area contributed by atoms with Gasteiger partial charge in [0.15, 0.2) is 0 Å². The fourth-order valence-corrected chi connectivity index (χ4v) is 12.5. The molecular weight excluding hydrogens is 785 g/mol. The van der Waals surface area contributed by atoms with E-state index < -0.39 is 0 Å². The maximum Gasteiger partial charge on any atom is 0.252 e. The molecule has 0 aliphatic carbocycles. The first-order valence-corrected chi connectivity index (χ1v) is 23.2. The standard InChI is InChI=1S/C54H43B3N4OS/c1-30-20-34(5)52-51(25-30)62-50-19-13-11-17-37(50)56(52)38-27-39-42(26-33(38)4)58-45-22-32(3)24-49-54(45)57(39)41-28-40-43(29-47(41)61(49)63-6)59-44-21-31(2)23-48-53(44)55(40)36-16-10-12-18-46(36)60(48)35-14-8-7-9-15-35/h7-29,58-59H,1-6H3. The van der Waals surface area contributed by atoms with Crippen LogP contribution in [0.15, 0.2) is 140 Å². The van der Waals surface area contributed by atoms with E-state index in [0.29, 0.717) is 0 Å². The van der Waals surface area contributed by atoms with Crippen LogP contribution in [0.2, 0.25) is 0 Å². The lowest BCUT2D eigenvalue weighted by molar-refractivity contribution is 0.486. The molecule has 5 aliphatic rings. The van der Waals surface area contributed by atoms with Crippen LogP contribution in [0, 0.1) is 34.6 Å². The summed E-state index contributed by atoms with van der Waals surface area (Å²) in [6, 6.07) is 52.5. The average molecular weight is 828 g/mol. The first-order chi connectivity index (χ1) is 30.7. The van der Waals surface area contributed by atoms with Gasteiger partial charge in [-0.2, -0.15) is 0 Å². The van der Waals surface area contributed by atoms with Crippen LogP contribution < -0.4 is 73.7 Å². The molecule has 0 unspecified atom stereocenters. The molecule has 5 nitrogen and oxygen atoms in total. The van der Waals surface area contributed by atoms with Crippen LogP contribution in [-0.4, -0.2) is 26.4 Å². The van der Waals surface area contributed by atoms with Crippen molar-refractivity contribution < 1.29 is 4.74 Å². The maximum absolute atomic E-state index is 6.68. The molecule has 13 rings (SSSR count). The monoisotopic (exact) mass is 828 g/mol. The van der Waals surface area contributed by atoms with E-state index in [9.17, 15) is 0 Å². The molecule has 0 aromatic heterocycles. The first kappa shape index (κ1) is 36.9. The van der Waals surface area contributed by atoms with Crippen LogP contribution in [0.25, 0.3) is 0 Å². The molecule has 0 saturated heterocycles. The molecule has 5 aliphatic heterocycles. The summed E-state index contributed by atoms with van der Waals surface area (Å²) in [4.78, 5) is 2.46. The van der Waals surface area contributed by atoms with E-state index in [1.54, 1.807) is 11.9 Å². The Morgan fingerprint density at radius 2 is 1.03 bits per heavy atom. The number of nitrogens with one attached hydrogen (secondary N) is 2. The molecule has 5 heterocycles. The van der Waals surface area contributed by atoms with Crippen molar-refractivity contribution in [2.75, 3.05) is 26.1 Å². The molecule has 8 aromatic rings. The molecule has 0 amide bonds. The van der Waals surface area contributed by atoms with Gasteiger partial charge in [-0.05, 0) is 174 Å². The Balaban J connectivity index is 1.06. The van der Waals surface area contributed by atoms with Crippen molar-refractivity contribution in [1.29, 1.82) is 0 Å². The number of fused-ring (bicyclic) bond motifs is 10. The summed E-state index contributed by atoms with van der Waals surface area (Å²) in [7, 11) is 0. The quantitative estimate of drug-likeness (QED) is 0.142. The predicted molar refractivity (Wildman–Crippen MR) is 273 cm³/mol. The van der Waals surface area contributed by atoms with Crippen LogP contribution >= 0.6 is 11.9 Å². The SMILES string of the molecule is CSN1c2cc3c(cc2B2c4cc(B5c6ccccc6Oc6cc(C)cc(C)c65)c(C)cc4Nc4cc(C)cc1c42)B1c2ccccc2N(c2ccccc2)c2cc(C)cc(c21)N3. The summed E-state index contributed by atoms with van der Waals surface area (Å²) in [5.74, 6) is 1.89. The molecule has 0 atom stereocenters. The fourth-order valence-electron chi connectivity index (χ4n) is 11.8. The minimum Gasteiger partial charge on any atom is -0.458 e. The minimum atomic E-state index is 0.00195. The highest BCUT2D eigenvalue weighted by molar-refractivity contribution is 8.00. The van der Waals surface area contributed by atoms with E-state index in [-0.39, 0.29) is 20.1 Å². The molecule has 2 N–H and O–H groups in total. The van der Waals surface area contributed by atoms with Crippen LogP contribution in [0.3, 0.4) is 0 Å². The van der Waals surface area contributed by atoms with Gasteiger partial charge in [-0.25, -0.2) is 0 Å². The molecule has 300 valence electrons. The summed E-state index contributed by atoms with van der Waals surface area (Å²) >= 11 is 1.78. The Labute approximate surface area is 374 Å². The number of benzene rings is 8. The second-order valence-electron chi connectivity index (χ2n) is 18.2. The number of hydrogen-bond acceptors (Lipinski definition) is 6. The van der Waals surface area contributed by atoms with E-state index in [2.05, 4.69) is 200 Å². The summed E-state index contributed by atoms with van der Waals surface area (Å²) in [6.45, 7) is 11.2. The Morgan fingerprint density at radius 3 is 1.79 bits per heavy atom. The van der Waals surface area contributed by atoms with Crippen LogP contribution in [0.5, 0.6) is 11.5 Å². The van der Waals surface area contributed by atoms with E-state index in [0.717, 1.165) is 11.5 Å². The fraction of sp³-hybridized carbons (Fsp3) is 0.111.